The number of rotatable bonds is 3. The molecular weight excluding hydrogens is 427 g/mol. The molecule has 1 aliphatic heterocycles. The van der Waals surface area contributed by atoms with Crippen LogP contribution in [0.1, 0.15) is 64.0 Å². The summed E-state index contributed by atoms with van der Waals surface area (Å²) in [6, 6.07) is 9.09. The predicted octanol–water partition coefficient (Wildman–Crippen LogP) is 7.69. The number of hydrogen-bond acceptors (Lipinski definition) is 2. The lowest BCUT2D eigenvalue weighted by atomic mass is 9.61. The molecule has 178 valence electrons. The molecule has 3 unspecified atom stereocenters. The molecule has 1 saturated heterocycles. The average molecular weight is 462 g/mol. The lowest BCUT2D eigenvalue weighted by Gasteiger charge is -2.40. The van der Waals surface area contributed by atoms with Crippen LogP contribution in [-0.4, -0.2) is 18.3 Å². The Morgan fingerprint density at radius 2 is 1.69 bits per heavy atom. The van der Waals surface area contributed by atoms with Gasteiger partial charge in [0.1, 0.15) is 0 Å². The SMILES string of the molecule is CC1(C)OB(C2=CC3=C(C4C=CC=CC4)c4ccccc4C(C4=CCCC=C4)C3C=C2)OC1(C)C. The second-order valence-electron chi connectivity index (χ2n) is 11.4. The molecule has 0 saturated carbocycles. The van der Waals surface area contributed by atoms with Crippen molar-refractivity contribution in [3.05, 3.63) is 113 Å². The molecule has 0 spiro atoms. The standard InChI is InChI=1S/C32H35BO2/c1-31(2)32(3,4)35-33(34-31)24-19-20-27-28(21-24)30(23-15-9-6-10-16-23)26-18-12-11-17-25(26)29(27)22-13-7-5-8-14-22/h6-7,9-15,17-21,23,27,29H,5,8,16H2,1-4H3. The van der Waals surface area contributed by atoms with Crippen molar-refractivity contribution in [3.63, 3.8) is 0 Å². The molecule has 1 aromatic rings. The molecule has 0 aromatic heterocycles. The second kappa shape index (κ2) is 8.50. The summed E-state index contributed by atoms with van der Waals surface area (Å²) in [6.07, 6.45) is 26.6. The summed E-state index contributed by atoms with van der Waals surface area (Å²) >= 11 is 0. The lowest BCUT2D eigenvalue weighted by molar-refractivity contribution is 0.00578. The van der Waals surface area contributed by atoms with E-state index in [0.29, 0.717) is 17.8 Å². The van der Waals surface area contributed by atoms with Crippen LogP contribution in [0.5, 0.6) is 0 Å². The number of fused-ring (bicyclic) bond motifs is 2. The van der Waals surface area contributed by atoms with Crippen molar-refractivity contribution < 1.29 is 9.31 Å². The van der Waals surface area contributed by atoms with Crippen molar-refractivity contribution in [1.82, 2.24) is 0 Å². The van der Waals surface area contributed by atoms with Gasteiger partial charge in [0.25, 0.3) is 0 Å². The van der Waals surface area contributed by atoms with E-state index in [0.717, 1.165) is 24.7 Å². The van der Waals surface area contributed by atoms with Crippen molar-refractivity contribution in [2.24, 2.45) is 11.8 Å². The molecule has 3 atom stereocenters. The second-order valence-corrected chi connectivity index (χ2v) is 11.4. The predicted molar refractivity (Wildman–Crippen MR) is 146 cm³/mol. The van der Waals surface area contributed by atoms with Crippen molar-refractivity contribution >= 4 is 12.7 Å². The van der Waals surface area contributed by atoms with Crippen molar-refractivity contribution in [2.45, 2.75) is 64.1 Å². The Morgan fingerprint density at radius 3 is 2.40 bits per heavy atom. The molecule has 4 aliphatic carbocycles. The molecule has 0 bridgehead atoms. The molecule has 6 rings (SSSR count). The van der Waals surface area contributed by atoms with E-state index in [1.54, 1.807) is 0 Å². The Morgan fingerprint density at radius 1 is 0.886 bits per heavy atom. The maximum atomic E-state index is 6.46. The van der Waals surface area contributed by atoms with E-state index in [-0.39, 0.29) is 18.3 Å². The number of allylic oxidation sites excluding steroid dienone is 14. The van der Waals surface area contributed by atoms with E-state index in [1.807, 2.05) is 0 Å². The van der Waals surface area contributed by atoms with E-state index >= 15 is 0 Å². The highest BCUT2D eigenvalue weighted by atomic mass is 16.7. The lowest BCUT2D eigenvalue weighted by Crippen LogP contribution is -2.41. The summed E-state index contributed by atoms with van der Waals surface area (Å²) in [5.41, 5.74) is 7.60. The highest BCUT2D eigenvalue weighted by molar-refractivity contribution is 6.55. The van der Waals surface area contributed by atoms with Gasteiger partial charge in [-0.25, -0.2) is 0 Å². The van der Waals surface area contributed by atoms with Crippen LogP contribution < -0.4 is 0 Å². The molecule has 2 nitrogen and oxygen atoms in total. The first-order valence-corrected chi connectivity index (χ1v) is 13.1. The summed E-state index contributed by atoms with van der Waals surface area (Å²) in [4.78, 5) is 0. The molecule has 1 fully saturated rings. The molecular formula is C32H35BO2. The van der Waals surface area contributed by atoms with E-state index < -0.39 is 0 Å². The first kappa shape index (κ1) is 22.8. The van der Waals surface area contributed by atoms with Gasteiger partial charge in [-0.2, -0.15) is 0 Å². The molecule has 0 N–H and O–H groups in total. The summed E-state index contributed by atoms with van der Waals surface area (Å²) in [6.45, 7) is 8.51. The fourth-order valence-corrected chi connectivity index (χ4v) is 6.14. The molecule has 0 radical (unpaired) electrons. The highest BCUT2D eigenvalue weighted by Crippen LogP contribution is 2.53. The zero-order valence-electron chi connectivity index (χ0n) is 21.3. The van der Waals surface area contributed by atoms with E-state index in [4.69, 9.17) is 9.31 Å². The van der Waals surface area contributed by atoms with E-state index in [9.17, 15) is 0 Å². The third kappa shape index (κ3) is 3.81. The molecule has 3 heteroatoms. The summed E-state index contributed by atoms with van der Waals surface area (Å²) in [7, 11) is -0.350. The van der Waals surface area contributed by atoms with E-state index in [2.05, 4.69) is 113 Å². The van der Waals surface area contributed by atoms with Crippen LogP contribution in [0.4, 0.5) is 0 Å². The topological polar surface area (TPSA) is 18.5 Å². The third-order valence-corrected chi connectivity index (χ3v) is 8.69. The molecule has 35 heavy (non-hydrogen) atoms. The first-order chi connectivity index (χ1) is 16.9. The normalized spacial score (nSPS) is 30.2. The van der Waals surface area contributed by atoms with Gasteiger partial charge in [-0.05, 0) is 80.3 Å². The van der Waals surface area contributed by atoms with Crippen molar-refractivity contribution in [3.8, 4) is 0 Å². The number of benzene rings is 1. The van der Waals surface area contributed by atoms with Crippen LogP contribution >= 0.6 is 0 Å². The molecule has 1 heterocycles. The largest absolute Gasteiger partial charge is 0.494 e. The zero-order valence-corrected chi connectivity index (χ0v) is 21.3. The van der Waals surface area contributed by atoms with E-state index in [1.165, 1.54) is 27.8 Å². The van der Waals surface area contributed by atoms with Crippen molar-refractivity contribution in [1.29, 1.82) is 0 Å². The Hall–Kier alpha value is -2.62. The molecule has 5 aliphatic rings. The minimum absolute atomic E-state index is 0.305. The van der Waals surface area contributed by atoms with Crippen LogP contribution in [0.25, 0.3) is 5.57 Å². The molecule has 0 amide bonds. The van der Waals surface area contributed by atoms with Crippen molar-refractivity contribution in [2.75, 3.05) is 0 Å². The minimum atomic E-state index is -0.350. The van der Waals surface area contributed by atoms with Gasteiger partial charge in [0, 0.05) is 17.8 Å². The Balaban J connectivity index is 1.51. The van der Waals surface area contributed by atoms with Crippen LogP contribution in [0.3, 0.4) is 0 Å². The van der Waals surface area contributed by atoms with Gasteiger partial charge >= 0.3 is 7.12 Å². The Kier molecular flexibility index (Phi) is 5.54. The van der Waals surface area contributed by atoms with Gasteiger partial charge in [-0.15, -0.1) is 0 Å². The summed E-state index contributed by atoms with van der Waals surface area (Å²) in [5, 5.41) is 0. The van der Waals surface area contributed by atoms with Gasteiger partial charge in [-0.3, -0.25) is 0 Å². The van der Waals surface area contributed by atoms with Gasteiger partial charge in [-0.1, -0.05) is 85.0 Å². The van der Waals surface area contributed by atoms with Crippen LogP contribution in [0.15, 0.2) is 102 Å². The van der Waals surface area contributed by atoms with Gasteiger partial charge in [0.15, 0.2) is 0 Å². The van der Waals surface area contributed by atoms with Gasteiger partial charge in [0.05, 0.1) is 11.2 Å². The fraction of sp³-hybridized carbons (Fsp3) is 0.375. The fourth-order valence-electron chi connectivity index (χ4n) is 6.14. The number of hydrogen-bond donors (Lipinski definition) is 0. The maximum Gasteiger partial charge on any atom is 0.494 e. The summed E-state index contributed by atoms with van der Waals surface area (Å²) < 4.78 is 12.9. The van der Waals surface area contributed by atoms with Gasteiger partial charge in [0.2, 0.25) is 0 Å². The monoisotopic (exact) mass is 462 g/mol. The third-order valence-electron chi connectivity index (χ3n) is 8.69. The average Bonchev–Trinajstić information content (AvgIpc) is 3.09. The van der Waals surface area contributed by atoms with Crippen LogP contribution in [0.2, 0.25) is 0 Å². The maximum absolute atomic E-state index is 6.46. The minimum Gasteiger partial charge on any atom is -0.399 e. The Bertz CT molecular complexity index is 1230. The quantitative estimate of drug-likeness (QED) is 0.429. The summed E-state index contributed by atoms with van der Waals surface area (Å²) in [5.74, 6) is 1.01. The van der Waals surface area contributed by atoms with Gasteiger partial charge < -0.3 is 9.31 Å². The van der Waals surface area contributed by atoms with Crippen LogP contribution in [-0.2, 0) is 9.31 Å². The zero-order chi connectivity index (χ0) is 24.2. The Labute approximate surface area is 210 Å². The molecule has 1 aromatic carbocycles. The van der Waals surface area contributed by atoms with Crippen LogP contribution in [0, 0.1) is 11.8 Å². The smallest absolute Gasteiger partial charge is 0.399 e. The highest BCUT2D eigenvalue weighted by Gasteiger charge is 2.52. The first-order valence-electron chi connectivity index (χ1n) is 13.1.